The number of rotatable bonds is 9. The maximum atomic E-state index is 12.6. The summed E-state index contributed by atoms with van der Waals surface area (Å²) in [6.07, 6.45) is 0. The molecule has 0 atom stereocenters. The van der Waals surface area contributed by atoms with E-state index in [0.717, 1.165) is 0 Å². The van der Waals surface area contributed by atoms with Crippen LogP contribution in [-0.4, -0.2) is 61.9 Å². The summed E-state index contributed by atoms with van der Waals surface area (Å²) < 4.78 is 0. The first kappa shape index (κ1) is 19.6. The van der Waals surface area contributed by atoms with Crippen molar-refractivity contribution in [1.82, 2.24) is 10.2 Å². The van der Waals surface area contributed by atoms with Gasteiger partial charge in [0.2, 0.25) is 5.91 Å². The number of hydrogen-bond acceptors (Lipinski definition) is 6. The van der Waals surface area contributed by atoms with Gasteiger partial charge in [-0.3, -0.25) is 14.4 Å². The summed E-state index contributed by atoms with van der Waals surface area (Å²) in [6.45, 7) is 1.70. The van der Waals surface area contributed by atoms with E-state index >= 15 is 0 Å². The third-order valence-corrected chi connectivity index (χ3v) is 3.24. The van der Waals surface area contributed by atoms with Crippen molar-refractivity contribution in [2.45, 2.75) is 0 Å². The summed E-state index contributed by atoms with van der Waals surface area (Å²) in [6, 6.07) is 4.09. The van der Waals surface area contributed by atoms with Crippen LogP contribution in [0.1, 0.15) is 31.1 Å². The average molecular weight is 336 g/mol. The summed E-state index contributed by atoms with van der Waals surface area (Å²) in [4.78, 5) is 37.6. The lowest BCUT2D eigenvalue weighted by molar-refractivity contribution is 0.0765. The highest BCUT2D eigenvalue weighted by molar-refractivity contribution is 6.04. The molecule has 0 saturated heterocycles. The number of nitrogens with one attached hydrogen (secondary N) is 1. The molecule has 0 unspecified atom stereocenters. The molecule has 9 heteroatoms. The molecule has 1 aromatic rings. The molecule has 0 aromatic heterocycles. The van der Waals surface area contributed by atoms with Crippen molar-refractivity contribution in [2.75, 3.05) is 39.3 Å². The first-order valence-electron chi connectivity index (χ1n) is 7.57. The highest BCUT2D eigenvalue weighted by atomic mass is 16.2. The molecule has 1 aromatic carbocycles. The Balaban J connectivity index is 3.20. The zero-order valence-corrected chi connectivity index (χ0v) is 13.5. The van der Waals surface area contributed by atoms with Gasteiger partial charge in [-0.25, -0.2) is 0 Å². The topological polar surface area (TPSA) is 171 Å². The van der Waals surface area contributed by atoms with Gasteiger partial charge in [0.25, 0.3) is 11.8 Å². The second kappa shape index (κ2) is 9.60. The molecule has 1 rings (SSSR count). The summed E-state index contributed by atoms with van der Waals surface area (Å²) >= 11 is 0. The fourth-order valence-corrected chi connectivity index (χ4v) is 2.12. The van der Waals surface area contributed by atoms with Gasteiger partial charge in [-0.05, 0) is 18.2 Å². The van der Waals surface area contributed by atoms with E-state index in [0.29, 0.717) is 13.1 Å². The van der Waals surface area contributed by atoms with Crippen LogP contribution in [0.4, 0.5) is 0 Å². The second-order valence-electron chi connectivity index (χ2n) is 5.08. The van der Waals surface area contributed by atoms with Gasteiger partial charge >= 0.3 is 0 Å². The summed E-state index contributed by atoms with van der Waals surface area (Å²) in [5.41, 5.74) is 22.0. The van der Waals surface area contributed by atoms with Crippen LogP contribution in [-0.2, 0) is 0 Å². The molecule has 0 fully saturated rings. The highest BCUT2D eigenvalue weighted by Gasteiger charge is 2.19. The van der Waals surface area contributed by atoms with Crippen LogP contribution in [0.3, 0.4) is 0 Å². The Kier molecular flexibility index (Phi) is 7.83. The molecule has 9 nitrogen and oxygen atoms in total. The lowest BCUT2D eigenvalue weighted by Gasteiger charge is -2.21. The fraction of sp³-hybridized carbons (Fsp3) is 0.400. The van der Waals surface area contributed by atoms with E-state index in [2.05, 4.69) is 5.32 Å². The minimum absolute atomic E-state index is 0.0687. The average Bonchev–Trinajstić information content (AvgIpc) is 2.58. The molecule has 0 aliphatic heterocycles. The summed E-state index contributed by atoms with van der Waals surface area (Å²) in [5, 5.41) is 2.58. The third kappa shape index (κ3) is 5.30. The Bertz CT molecular complexity index is 599. The molecule has 9 N–H and O–H groups in total. The summed E-state index contributed by atoms with van der Waals surface area (Å²) in [5.74, 6) is -1.55. The molecule has 24 heavy (non-hydrogen) atoms. The molecule has 0 spiro atoms. The van der Waals surface area contributed by atoms with Gasteiger partial charge < -0.3 is 33.2 Å². The molecule has 0 saturated carbocycles. The smallest absolute Gasteiger partial charge is 0.253 e. The van der Waals surface area contributed by atoms with Crippen molar-refractivity contribution in [2.24, 2.45) is 22.9 Å². The predicted octanol–water partition coefficient (Wildman–Crippen LogP) is -2.17. The van der Waals surface area contributed by atoms with Crippen molar-refractivity contribution >= 4 is 17.7 Å². The molecule has 0 bridgehead atoms. The number of benzene rings is 1. The predicted molar refractivity (Wildman–Crippen MR) is 90.4 cm³/mol. The molecule has 0 heterocycles. The largest absolute Gasteiger partial charge is 0.366 e. The molecule has 0 aliphatic rings. The molecule has 0 aliphatic carbocycles. The van der Waals surface area contributed by atoms with Crippen molar-refractivity contribution in [1.29, 1.82) is 0 Å². The quantitative estimate of drug-likeness (QED) is 0.343. The standard InChI is InChI=1S/C15H24N6O3/c16-1-4-20-14(23)11-7-10(13(19)22)8-12(9-11)15(24)21(5-2-17)6-3-18/h7-9H,1-6,16-18H2,(H2,19,22)(H,20,23). The van der Waals surface area contributed by atoms with Crippen LogP contribution in [0.15, 0.2) is 18.2 Å². The van der Waals surface area contributed by atoms with Gasteiger partial charge in [0, 0.05) is 56.0 Å². The monoisotopic (exact) mass is 336 g/mol. The maximum absolute atomic E-state index is 12.6. The number of carbonyl (C=O) groups is 3. The van der Waals surface area contributed by atoms with Crippen LogP contribution in [0.25, 0.3) is 0 Å². The Hall–Kier alpha value is -2.49. The number of hydrogen-bond donors (Lipinski definition) is 5. The first-order chi connectivity index (χ1) is 11.4. The van der Waals surface area contributed by atoms with Gasteiger partial charge in [0.1, 0.15) is 0 Å². The van der Waals surface area contributed by atoms with Crippen LogP contribution in [0.5, 0.6) is 0 Å². The van der Waals surface area contributed by atoms with E-state index in [1.165, 1.54) is 23.1 Å². The molecule has 0 radical (unpaired) electrons. The van der Waals surface area contributed by atoms with Crippen LogP contribution in [0, 0.1) is 0 Å². The minimum atomic E-state index is -0.735. The number of nitrogens with two attached hydrogens (primary N) is 4. The van der Waals surface area contributed by atoms with E-state index in [-0.39, 0.29) is 48.8 Å². The molecule has 3 amide bonds. The number of carbonyl (C=O) groups excluding carboxylic acids is 3. The zero-order valence-electron chi connectivity index (χ0n) is 13.5. The van der Waals surface area contributed by atoms with E-state index in [1.54, 1.807) is 0 Å². The van der Waals surface area contributed by atoms with E-state index in [9.17, 15) is 14.4 Å². The Morgan fingerprint density at radius 2 is 1.42 bits per heavy atom. The van der Waals surface area contributed by atoms with Gasteiger partial charge in [-0.2, -0.15) is 0 Å². The Morgan fingerprint density at radius 3 is 1.92 bits per heavy atom. The normalized spacial score (nSPS) is 10.3. The number of amides is 3. The van der Waals surface area contributed by atoms with Crippen LogP contribution < -0.4 is 28.3 Å². The van der Waals surface area contributed by atoms with Gasteiger partial charge in [-0.1, -0.05) is 0 Å². The molecule has 132 valence electrons. The van der Waals surface area contributed by atoms with E-state index in [4.69, 9.17) is 22.9 Å². The lowest BCUT2D eigenvalue weighted by atomic mass is 10.0. The van der Waals surface area contributed by atoms with Gasteiger partial charge in [-0.15, -0.1) is 0 Å². The minimum Gasteiger partial charge on any atom is -0.366 e. The highest BCUT2D eigenvalue weighted by Crippen LogP contribution is 2.13. The Morgan fingerprint density at radius 1 is 0.875 bits per heavy atom. The molecular weight excluding hydrogens is 312 g/mol. The van der Waals surface area contributed by atoms with Gasteiger partial charge in [0.05, 0.1) is 0 Å². The second-order valence-corrected chi connectivity index (χ2v) is 5.08. The number of primary amides is 1. The van der Waals surface area contributed by atoms with E-state index in [1.807, 2.05) is 0 Å². The summed E-state index contributed by atoms with van der Waals surface area (Å²) in [7, 11) is 0. The Labute approximate surface area is 140 Å². The molecular formula is C15H24N6O3. The van der Waals surface area contributed by atoms with Crippen LogP contribution in [0.2, 0.25) is 0 Å². The third-order valence-electron chi connectivity index (χ3n) is 3.24. The van der Waals surface area contributed by atoms with Crippen molar-refractivity contribution in [3.8, 4) is 0 Å². The van der Waals surface area contributed by atoms with Crippen molar-refractivity contribution in [3.05, 3.63) is 34.9 Å². The van der Waals surface area contributed by atoms with Gasteiger partial charge in [0.15, 0.2) is 0 Å². The van der Waals surface area contributed by atoms with Crippen LogP contribution >= 0.6 is 0 Å². The SMILES string of the molecule is NCCNC(=O)c1cc(C(N)=O)cc(C(=O)N(CCN)CCN)c1. The van der Waals surface area contributed by atoms with Crippen molar-refractivity contribution < 1.29 is 14.4 Å². The first-order valence-corrected chi connectivity index (χ1v) is 7.57. The van der Waals surface area contributed by atoms with E-state index < -0.39 is 11.8 Å². The number of nitrogens with zero attached hydrogens (tertiary/aromatic N) is 1. The fourth-order valence-electron chi connectivity index (χ4n) is 2.12. The zero-order chi connectivity index (χ0) is 18.1. The lowest BCUT2D eigenvalue weighted by Crippen LogP contribution is -2.39. The maximum Gasteiger partial charge on any atom is 0.253 e. The van der Waals surface area contributed by atoms with Crippen molar-refractivity contribution in [3.63, 3.8) is 0 Å².